The van der Waals surface area contributed by atoms with Crippen LogP contribution in [0.3, 0.4) is 0 Å². The van der Waals surface area contributed by atoms with Crippen LogP contribution in [0.2, 0.25) is 0 Å². The predicted molar refractivity (Wildman–Crippen MR) is 91.6 cm³/mol. The molecule has 10 heteroatoms. The highest BCUT2D eigenvalue weighted by Gasteiger charge is 2.13. The van der Waals surface area contributed by atoms with Crippen molar-refractivity contribution in [2.75, 3.05) is 11.1 Å². The average molecular weight is 361 g/mol. The predicted octanol–water partition coefficient (Wildman–Crippen LogP) is 3.10. The lowest BCUT2D eigenvalue weighted by atomic mass is 10.1. The van der Waals surface area contributed by atoms with Crippen LogP contribution in [-0.4, -0.2) is 25.9 Å². The van der Waals surface area contributed by atoms with Crippen LogP contribution in [-0.2, 0) is 4.79 Å². The molecule has 1 heterocycles. The molecule has 122 valence electrons. The molecule has 0 spiro atoms. The molecule has 0 saturated heterocycles. The van der Waals surface area contributed by atoms with Crippen LogP contribution in [0.1, 0.15) is 12.5 Å². The van der Waals surface area contributed by atoms with Crippen molar-refractivity contribution < 1.29 is 9.72 Å². The summed E-state index contributed by atoms with van der Waals surface area (Å²) in [7, 11) is 0. The van der Waals surface area contributed by atoms with Crippen LogP contribution >= 0.6 is 23.3 Å². The fourth-order valence-corrected chi connectivity index (χ4v) is 2.92. The van der Waals surface area contributed by atoms with Gasteiger partial charge in [0, 0.05) is 23.7 Å². The van der Waals surface area contributed by atoms with Gasteiger partial charge >= 0.3 is 0 Å². The number of carbonyl (C=O) groups excluding carboxylic acids is 1. The summed E-state index contributed by atoms with van der Waals surface area (Å²) in [5, 5.41) is 23.3. The van der Waals surface area contributed by atoms with Gasteiger partial charge in [-0.2, -0.15) is 14.6 Å². The molecule has 1 aromatic carbocycles. The zero-order valence-electron chi connectivity index (χ0n) is 12.4. The summed E-state index contributed by atoms with van der Waals surface area (Å²) >= 11 is 2.46. The van der Waals surface area contributed by atoms with Crippen molar-refractivity contribution in [2.45, 2.75) is 12.1 Å². The van der Waals surface area contributed by atoms with Crippen LogP contribution in [0.25, 0.3) is 6.08 Å². The first-order chi connectivity index (χ1) is 11.5. The molecule has 0 aliphatic rings. The first-order valence-corrected chi connectivity index (χ1v) is 8.43. The number of nitriles is 1. The number of nitro benzene ring substituents is 1. The normalized spacial score (nSPS) is 10.9. The maximum absolute atomic E-state index is 12.1. The molecule has 0 aliphatic carbocycles. The number of carbonyl (C=O) groups is 1. The summed E-state index contributed by atoms with van der Waals surface area (Å²) in [6.07, 6.45) is 1.28. The Morgan fingerprint density at radius 2 is 2.38 bits per heavy atom. The molecule has 0 radical (unpaired) electrons. The van der Waals surface area contributed by atoms with Gasteiger partial charge in [-0.05, 0) is 17.4 Å². The minimum atomic E-state index is -0.645. The largest absolute Gasteiger partial charge is 0.296 e. The molecule has 0 aliphatic heterocycles. The highest BCUT2D eigenvalue weighted by Crippen LogP contribution is 2.21. The topological polar surface area (TPSA) is 122 Å². The van der Waals surface area contributed by atoms with Crippen LogP contribution < -0.4 is 5.32 Å². The average Bonchev–Trinajstić information content (AvgIpc) is 3.00. The Bertz CT molecular complexity index is 841. The summed E-state index contributed by atoms with van der Waals surface area (Å²) in [5.74, 6) is 0.161. The van der Waals surface area contributed by atoms with E-state index in [0.717, 1.165) is 17.3 Å². The number of non-ortho nitro benzene ring substituents is 1. The molecule has 1 aromatic heterocycles. The highest BCUT2D eigenvalue weighted by atomic mass is 32.2. The molecular weight excluding hydrogens is 350 g/mol. The number of nitrogens with zero attached hydrogens (tertiary/aromatic N) is 4. The van der Waals surface area contributed by atoms with Gasteiger partial charge in [-0.3, -0.25) is 20.2 Å². The molecule has 24 heavy (non-hydrogen) atoms. The number of aromatic nitrogens is 2. The van der Waals surface area contributed by atoms with Crippen molar-refractivity contribution in [3.63, 3.8) is 0 Å². The molecule has 8 nitrogen and oxygen atoms in total. The summed E-state index contributed by atoms with van der Waals surface area (Å²) < 4.78 is 4.06. The van der Waals surface area contributed by atoms with Crippen molar-refractivity contribution in [3.05, 3.63) is 45.5 Å². The van der Waals surface area contributed by atoms with Crippen LogP contribution in [0.4, 0.5) is 10.8 Å². The minimum absolute atomic E-state index is 0.119. The molecule has 2 aromatic rings. The van der Waals surface area contributed by atoms with E-state index in [1.807, 2.05) is 6.92 Å². The van der Waals surface area contributed by atoms with Gasteiger partial charge in [-0.15, -0.1) is 0 Å². The van der Waals surface area contributed by atoms with Gasteiger partial charge in [0.05, 0.1) is 4.92 Å². The van der Waals surface area contributed by atoms with E-state index in [9.17, 15) is 14.9 Å². The lowest BCUT2D eigenvalue weighted by molar-refractivity contribution is -0.384. The number of nitro groups is 1. The number of thioether (sulfide) groups is 1. The second-order valence-corrected chi connectivity index (χ2v) is 6.27. The molecule has 2 rings (SSSR count). The second-order valence-electron chi connectivity index (χ2n) is 4.29. The maximum Gasteiger partial charge on any atom is 0.270 e. The SMILES string of the molecule is CCSc1nsc(NC(=O)C(C#N)=Cc2cccc([N+](=O)[O-])c2)n1. The van der Waals surface area contributed by atoms with E-state index >= 15 is 0 Å². The fraction of sp³-hybridized carbons (Fsp3) is 0.143. The van der Waals surface area contributed by atoms with E-state index in [2.05, 4.69) is 14.7 Å². The molecule has 1 amide bonds. The quantitative estimate of drug-likeness (QED) is 0.276. The van der Waals surface area contributed by atoms with Crippen LogP contribution in [0.5, 0.6) is 0 Å². The van der Waals surface area contributed by atoms with Crippen molar-refractivity contribution in [1.82, 2.24) is 9.36 Å². The number of amides is 1. The summed E-state index contributed by atoms with van der Waals surface area (Å²) in [5.41, 5.74) is 0.0811. The number of hydrogen-bond donors (Lipinski definition) is 1. The number of anilines is 1. The van der Waals surface area contributed by atoms with E-state index < -0.39 is 10.8 Å². The van der Waals surface area contributed by atoms with Gasteiger partial charge in [0.1, 0.15) is 11.6 Å². The lowest BCUT2D eigenvalue weighted by Crippen LogP contribution is -2.13. The van der Waals surface area contributed by atoms with Crippen LogP contribution in [0, 0.1) is 21.4 Å². The number of hydrogen-bond acceptors (Lipinski definition) is 8. The van der Waals surface area contributed by atoms with Gasteiger partial charge in [-0.1, -0.05) is 30.8 Å². The van der Waals surface area contributed by atoms with Crippen molar-refractivity contribution in [1.29, 1.82) is 5.26 Å². The Morgan fingerprint density at radius 3 is 3.04 bits per heavy atom. The van der Waals surface area contributed by atoms with Gasteiger partial charge in [0.15, 0.2) is 0 Å². The minimum Gasteiger partial charge on any atom is -0.296 e. The van der Waals surface area contributed by atoms with Crippen LogP contribution in [0.15, 0.2) is 35.0 Å². The molecule has 0 bridgehead atoms. The summed E-state index contributed by atoms with van der Waals surface area (Å²) in [6, 6.07) is 7.45. The lowest BCUT2D eigenvalue weighted by Gasteiger charge is -2.00. The number of rotatable bonds is 6. The Morgan fingerprint density at radius 1 is 1.58 bits per heavy atom. The van der Waals surface area contributed by atoms with Gasteiger partial charge in [0.25, 0.3) is 11.6 Å². The third-order valence-corrected chi connectivity index (χ3v) is 4.13. The van der Waals surface area contributed by atoms with Gasteiger partial charge in [-0.25, -0.2) is 0 Å². The molecule has 0 fully saturated rings. The Hall–Kier alpha value is -2.77. The summed E-state index contributed by atoms with van der Waals surface area (Å²) in [6.45, 7) is 1.96. The van der Waals surface area contributed by atoms with Crippen molar-refractivity contribution in [3.8, 4) is 6.07 Å². The zero-order valence-corrected chi connectivity index (χ0v) is 14.1. The maximum atomic E-state index is 12.1. The Kier molecular flexibility index (Phi) is 6.00. The van der Waals surface area contributed by atoms with Crippen molar-refractivity contribution in [2.24, 2.45) is 0 Å². The van der Waals surface area contributed by atoms with Crippen molar-refractivity contribution >= 4 is 46.1 Å². The first kappa shape index (κ1) is 17.6. The molecule has 1 N–H and O–H groups in total. The molecule has 0 saturated carbocycles. The highest BCUT2D eigenvalue weighted by molar-refractivity contribution is 7.99. The van der Waals surface area contributed by atoms with E-state index in [0.29, 0.717) is 10.7 Å². The van der Waals surface area contributed by atoms with E-state index in [1.54, 1.807) is 12.1 Å². The first-order valence-electron chi connectivity index (χ1n) is 6.67. The molecule has 0 atom stereocenters. The van der Waals surface area contributed by atoms with Gasteiger partial charge < -0.3 is 0 Å². The fourth-order valence-electron chi connectivity index (χ4n) is 1.66. The third-order valence-electron chi connectivity index (χ3n) is 2.66. The molecular formula is C14H11N5O3S2. The standard InChI is InChI=1S/C14H11N5O3S2/c1-2-23-14-17-13(24-18-14)16-12(20)10(8-15)6-9-4-3-5-11(7-9)19(21)22/h3-7H,2H2,1H3,(H,16,17,18,20). The van der Waals surface area contributed by atoms with E-state index in [-0.39, 0.29) is 16.4 Å². The number of nitrogens with one attached hydrogen (secondary N) is 1. The number of benzene rings is 1. The van der Waals surface area contributed by atoms with E-state index in [4.69, 9.17) is 5.26 Å². The monoisotopic (exact) mass is 361 g/mol. The smallest absolute Gasteiger partial charge is 0.270 e. The Balaban J connectivity index is 2.17. The molecule has 0 unspecified atom stereocenters. The zero-order chi connectivity index (χ0) is 17.5. The van der Waals surface area contributed by atoms with Gasteiger partial charge in [0.2, 0.25) is 10.3 Å². The Labute approximate surface area is 145 Å². The third kappa shape index (κ3) is 4.61. The van der Waals surface area contributed by atoms with E-state index in [1.165, 1.54) is 36.0 Å². The summed E-state index contributed by atoms with van der Waals surface area (Å²) in [4.78, 5) is 26.5. The second kappa shape index (κ2) is 8.19.